The van der Waals surface area contributed by atoms with E-state index in [1.165, 1.54) is 13.2 Å². The van der Waals surface area contributed by atoms with Gasteiger partial charge < -0.3 is 15.6 Å². The summed E-state index contributed by atoms with van der Waals surface area (Å²) in [5, 5.41) is 10.4. The molecule has 0 spiro atoms. The SMILES string of the molecule is COC(=O)c1ccc(-c2nc(-c3ccccc3)nc(-c3ccc(N)cc3O)n2)cc1. The quantitative estimate of drug-likeness (QED) is 0.395. The van der Waals surface area contributed by atoms with Crippen molar-refractivity contribution in [3.63, 3.8) is 0 Å². The van der Waals surface area contributed by atoms with Gasteiger partial charge in [0, 0.05) is 22.9 Å². The highest BCUT2D eigenvalue weighted by atomic mass is 16.5. The number of phenolic OH excluding ortho intramolecular Hbond substituents is 1. The van der Waals surface area contributed by atoms with Gasteiger partial charge in [0.2, 0.25) is 0 Å². The van der Waals surface area contributed by atoms with Crippen LogP contribution in [0.1, 0.15) is 10.4 Å². The molecule has 0 aliphatic carbocycles. The van der Waals surface area contributed by atoms with Gasteiger partial charge >= 0.3 is 5.97 Å². The Labute approximate surface area is 172 Å². The zero-order valence-corrected chi connectivity index (χ0v) is 16.1. The maximum atomic E-state index is 11.7. The molecule has 1 aromatic heterocycles. The highest BCUT2D eigenvalue weighted by Gasteiger charge is 2.15. The van der Waals surface area contributed by atoms with E-state index in [0.29, 0.717) is 39.9 Å². The summed E-state index contributed by atoms with van der Waals surface area (Å²) in [5.74, 6) is 0.741. The van der Waals surface area contributed by atoms with Crippen molar-refractivity contribution in [3.8, 4) is 39.9 Å². The summed E-state index contributed by atoms with van der Waals surface area (Å²) in [6.45, 7) is 0. The lowest BCUT2D eigenvalue weighted by atomic mass is 10.1. The average Bonchev–Trinajstić information content (AvgIpc) is 2.79. The number of aromatic hydroxyl groups is 1. The van der Waals surface area contributed by atoms with Gasteiger partial charge in [-0.25, -0.2) is 19.7 Å². The van der Waals surface area contributed by atoms with Crippen LogP contribution >= 0.6 is 0 Å². The fraction of sp³-hybridized carbons (Fsp3) is 0.0435. The summed E-state index contributed by atoms with van der Waals surface area (Å²) in [4.78, 5) is 25.4. The van der Waals surface area contributed by atoms with Crippen molar-refractivity contribution in [3.05, 3.63) is 78.4 Å². The van der Waals surface area contributed by atoms with E-state index < -0.39 is 5.97 Å². The summed E-state index contributed by atoms with van der Waals surface area (Å²) in [5.41, 5.74) is 8.55. The van der Waals surface area contributed by atoms with Gasteiger partial charge in [0.15, 0.2) is 17.5 Å². The predicted octanol–water partition coefficient (Wildman–Crippen LogP) is 3.95. The van der Waals surface area contributed by atoms with Gasteiger partial charge in [0.05, 0.1) is 18.2 Å². The van der Waals surface area contributed by atoms with E-state index in [1.807, 2.05) is 30.3 Å². The summed E-state index contributed by atoms with van der Waals surface area (Å²) in [6.07, 6.45) is 0. The lowest BCUT2D eigenvalue weighted by molar-refractivity contribution is 0.0600. The number of carbonyl (C=O) groups is 1. The van der Waals surface area contributed by atoms with Crippen LogP contribution in [0.2, 0.25) is 0 Å². The Balaban J connectivity index is 1.87. The smallest absolute Gasteiger partial charge is 0.337 e. The molecule has 7 heteroatoms. The van der Waals surface area contributed by atoms with Gasteiger partial charge in [0.25, 0.3) is 0 Å². The van der Waals surface area contributed by atoms with Crippen molar-refractivity contribution in [2.75, 3.05) is 12.8 Å². The van der Waals surface area contributed by atoms with Gasteiger partial charge in [-0.15, -0.1) is 0 Å². The molecule has 0 atom stereocenters. The number of phenols is 1. The van der Waals surface area contributed by atoms with Crippen LogP contribution in [0.5, 0.6) is 5.75 Å². The summed E-state index contributed by atoms with van der Waals surface area (Å²) >= 11 is 0. The molecule has 30 heavy (non-hydrogen) atoms. The van der Waals surface area contributed by atoms with E-state index in [0.717, 1.165) is 5.56 Å². The van der Waals surface area contributed by atoms with E-state index in [4.69, 9.17) is 10.5 Å². The molecule has 0 amide bonds. The van der Waals surface area contributed by atoms with Gasteiger partial charge in [-0.05, 0) is 24.3 Å². The molecule has 0 bridgehead atoms. The monoisotopic (exact) mass is 398 g/mol. The molecule has 0 aliphatic rings. The Morgan fingerprint density at radius 1 is 0.833 bits per heavy atom. The molecule has 7 nitrogen and oxygen atoms in total. The van der Waals surface area contributed by atoms with Crippen LogP contribution in [-0.4, -0.2) is 33.1 Å². The van der Waals surface area contributed by atoms with Crippen LogP contribution < -0.4 is 5.73 Å². The number of hydrogen-bond acceptors (Lipinski definition) is 7. The number of carbonyl (C=O) groups excluding carboxylic acids is 1. The number of anilines is 1. The van der Waals surface area contributed by atoms with E-state index in [9.17, 15) is 9.90 Å². The van der Waals surface area contributed by atoms with Crippen LogP contribution in [-0.2, 0) is 4.74 Å². The molecule has 0 saturated carbocycles. The predicted molar refractivity (Wildman–Crippen MR) is 114 cm³/mol. The van der Waals surface area contributed by atoms with Gasteiger partial charge in [-0.3, -0.25) is 0 Å². The molecule has 0 aliphatic heterocycles. The lowest BCUT2D eigenvalue weighted by Crippen LogP contribution is -2.02. The van der Waals surface area contributed by atoms with Crippen molar-refractivity contribution in [2.24, 2.45) is 0 Å². The van der Waals surface area contributed by atoms with Gasteiger partial charge in [-0.1, -0.05) is 42.5 Å². The molecular weight excluding hydrogens is 380 g/mol. The molecule has 1 heterocycles. The van der Waals surface area contributed by atoms with E-state index in [1.54, 1.807) is 36.4 Å². The third-order valence-corrected chi connectivity index (χ3v) is 4.49. The Bertz CT molecular complexity index is 1210. The fourth-order valence-corrected chi connectivity index (χ4v) is 2.95. The van der Waals surface area contributed by atoms with E-state index >= 15 is 0 Å². The van der Waals surface area contributed by atoms with Crippen LogP contribution in [0.3, 0.4) is 0 Å². The molecule has 0 fully saturated rings. The normalized spacial score (nSPS) is 10.6. The third kappa shape index (κ3) is 3.81. The molecule has 4 aromatic rings. The highest BCUT2D eigenvalue weighted by Crippen LogP contribution is 2.31. The number of nitrogens with two attached hydrogens (primary N) is 1. The van der Waals surface area contributed by atoms with Crippen molar-refractivity contribution in [2.45, 2.75) is 0 Å². The number of aromatic nitrogens is 3. The van der Waals surface area contributed by atoms with Gasteiger partial charge in [0.1, 0.15) is 5.75 Å². The minimum atomic E-state index is -0.422. The third-order valence-electron chi connectivity index (χ3n) is 4.49. The number of benzene rings is 3. The van der Waals surface area contributed by atoms with Gasteiger partial charge in [-0.2, -0.15) is 0 Å². The molecule has 4 rings (SSSR count). The first-order valence-electron chi connectivity index (χ1n) is 9.14. The molecule has 0 saturated heterocycles. The standard InChI is InChI=1S/C23H18N4O3/c1-30-23(29)16-9-7-15(8-10-16)21-25-20(14-5-3-2-4-6-14)26-22(27-21)18-12-11-17(24)13-19(18)28/h2-13,28H,24H2,1H3. The number of ether oxygens (including phenoxy) is 1. The zero-order chi connectivity index (χ0) is 21.1. The number of hydrogen-bond donors (Lipinski definition) is 2. The van der Waals surface area contributed by atoms with Crippen LogP contribution in [0.4, 0.5) is 5.69 Å². The van der Waals surface area contributed by atoms with Crippen LogP contribution in [0.25, 0.3) is 34.2 Å². The Morgan fingerprint density at radius 3 is 2.03 bits per heavy atom. The number of esters is 1. The molecular formula is C23H18N4O3. The first-order chi connectivity index (χ1) is 14.5. The average molecular weight is 398 g/mol. The molecule has 0 unspecified atom stereocenters. The maximum Gasteiger partial charge on any atom is 0.337 e. The fourth-order valence-electron chi connectivity index (χ4n) is 2.95. The Hall–Kier alpha value is -4.26. The highest BCUT2D eigenvalue weighted by molar-refractivity contribution is 5.89. The second-order valence-electron chi connectivity index (χ2n) is 6.52. The van der Waals surface area contributed by atoms with Crippen molar-refractivity contribution in [1.29, 1.82) is 0 Å². The van der Waals surface area contributed by atoms with E-state index in [-0.39, 0.29) is 5.75 Å². The molecule has 3 N–H and O–H groups in total. The minimum Gasteiger partial charge on any atom is -0.507 e. The largest absolute Gasteiger partial charge is 0.507 e. The van der Waals surface area contributed by atoms with Crippen LogP contribution in [0.15, 0.2) is 72.8 Å². The number of nitrogens with zero attached hydrogens (tertiary/aromatic N) is 3. The van der Waals surface area contributed by atoms with E-state index in [2.05, 4.69) is 15.0 Å². The number of nitrogen functional groups attached to an aromatic ring is 1. The summed E-state index contributed by atoms with van der Waals surface area (Å²) < 4.78 is 4.74. The molecule has 148 valence electrons. The first kappa shape index (κ1) is 19.1. The number of rotatable bonds is 4. The number of methoxy groups -OCH3 is 1. The van der Waals surface area contributed by atoms with Crippen LogP contribution in [0, 0.1) is 0 Å². The second kappa shape index (κ2) is 8.00. The van der Waals surface area contributed by atoms with Crippen molar-refractivity contribution >= 4 is 11.7 Å². The van der Waals surface area contributed by atoms with Crippen molar-refractivity contribution in [1.82, 2.24) is 15.0 Å². The maximum absolute atomic E-state index is 11.7. The van der Waals surface area contributed by atoms with Crippen molar-refractivity contribution < 1.29 is 14.6 Å². The summed E-state index contributed by atoms with van der Waals surface area (Å²) in [6, 6.07) is 21.0. The minimum absolute atomic E-state index is 0.0211. The topological polar surface area (TPSA) is 111 Å². The lowest BCUT2D eigenvalue weighted by Gasteiger charge is -2.10. The Kier molecular flexibility index (Phi) is 5.09. The zero-order valence-electron chi connectivity index (χ0n) is 16.1. The summed E-state index contributed by atoms with van der Waals surface area (Å²) in [7, 11) is 1.33. The Morgan fingerprint density at radius 2 is 1.43 bits per heavy atom. The first-order valence-corrected chi connectivity index (χ1v) is 9.14. The second-order valence-corrected chi connectivity index (χ2v) is 6.52. The molecule has 3 aromatic carbocycles. The molecule has 0 radical (unpaired) electrons.